The van der Waals surface area contributed by atoms with Crippen LogP contribution in [-0.2, 0) is 9.47 Å². The highest BCUT2D eigenvalue weighted by Crippen LogP contribution is 2.17. The molecule has 0 atom stereocenters. The number of methoxy groups -OCH3 is 1. The summed E-state index contributed by atoms with van der Waals surface area (Å²) in [6.07, 6.45) is 0. The van der Waals surface area contributed by atoms with E-state index in [1.165, 1.54) is 0 Å². The quantitative estimate of drug-likeness (QED) is 0.379. The van der Waals surface area contributed by atoms with Gasteiger partial charge >= 0.3 is 11.9 Å². The number of esters is 2. The Labute approximate surface area is 159 Å². The Morgan fingerprint density at radius 2 is 1.37 bits per heavy atom. The highest BCUT2D eigenvalue weighted by Gasteiger charge is 2.11. The van der Waals surface area contributed by atoms with Crippen LogP contribution < -0.4 is 9.47 Å². The number of hydrogen-bond donors (Lipinski definition) is 0. The summed E-state index contributed by atoms with van der Waals surface area (Å²) in [5, 5.41) is 0. The normalized spacial score (nSPS) is 10.5. The van der Waals surface area contributed by atoms with Gasteiger partial charge in [-0.1, -0.05) is 13.8 Å². The molecule has 0 N–H and O–H groups in total. The number of hydrogen-bond acceptors (Lipinski definition) is 6. The third kappa shape index (κ3) is 6.75. The second-order valence-corrected chi connectivity index (χ2v) is 6.27. The Balaban J connectivity index is 1.90. The number of carbonyl (C=O) groups is 2. The van der Waals surface area contributed by atoms with Crippen LogP contribution in [0.5, 0.6) is 11.5 Å². The fourth-order valence-corrected chi connectivity index (χ4v) is 2.08. The molecule has 2 aromatic rings. The van der Waals surface area contributed by atoms with Crippen LogP contribution in [0.3, 0.4) is 0 Å². The van der Waals surface area contributed by atoms with Crippen molar-refractivity contribution < 1.29 is 28.5 Å². The van der Waals surface area contributed by atoms with Gasteiger partial charge in [0.25, 0.3) is 0 Å². The zero-order valence-corrected chi connectivity index (χ0v) is 15.8. The van der Waals surface area contributed by atoms with Crippen molar-refractivity contribution in [3.8, 4) is 11.5 Å². The zero-order chi connectivity index (χ0) is 19.6. The van der Waals surface area contributed by atoms with Gasteiger partial charge in [0.05, 0.1) is 24.3 Å². The molecule has 0 saturated carbocycles. The van der Waals surface area contributed by atoms with E-state index in [9.17, 15) is 9.59 Å². The van der Waals surface area contributed by atoms with Crippen LogP contribution in [0.25, 0.3) is 0 Å². The van der Waals surface area contributed by atoms with E-state index in [0.29, 0.717) is 42.4 Å². The lowest BCUT2D eigenvalue weighted by Crippen LogP contribution is -2.11. The van der Waals surface area contributed by atoms with Crippen molar-refractivity contribution in [1.82, 2.24) is 0 Å². The molecule has 2 rings (SSSR count). The molecule has 0 bridgehead atoms. The fourth-order valence-electron chi connectivity index (χ4n) is 2.08. The van der Waals surface area contributed by atoms with Crippen molar-refractivity contribution in [3.05, 3.63) is 59.7 Å². The largest absolute Gasteiger partial charge is 0.491 e. The van der Waals surface area contributed by atoms with Crippen molar-refractivity contribution in [1.29, 1.82) is 0 Å². The highest BCUT2D eigenvalue weighted by atomic mass is 16.5. The average molecular weight is 372 g/mol. The molecule has 6 heteroatoms. The van der Waals surface area contributed by atoms with Gasteiger partial charge in [-0.15, -0.1) is 0 Å². The van der Waals surface area contributed by atoms with Crippen LogP contribution in [0.2, 0.25) is 0 Å². The molecule has 2 aromatic carbocycles. The molecule has 0 aliphatic heterocycles. The fraction of sp³-hybridized carbons (Fsp3) is 0.333. The molecule has 0 amide bonds. The monoisotopic (exact) mass is 372 g/mol. The van der Waals surface area contributed by atoms with Gasteiger partial charge in [0.2, 0.25) is 0 Å². The third-order valence-electron chi connectivity index (χ3n) is 3.49. The van der Waals surface area contributed by atoms with E-state index in [-0.39, 0.29) is 5.92 Å². The van der Waals surface area contributed by atoms with E-state index in [4.69, 9.17) is 18.9 Å². The second-order valence-electron chi connectivity index (χ2n) is 6.27. The molecule has 0 aromatic heterocycles. The lowest BCUT2D eigenvalue weighted by Gasteiger charge is -2.09. The van der Waals surface area contributed by atoms with E-state index in [2.05, 4.69) is 0 Å². The first-order valence-electron chi connectivity index (χ1n) is 8.70. The number of ether oxygens (including phenoxy) is 4. The molecule has 0 spiro atoms. The maximum Gasteiger partial charge on any atom is 0.343 e. The molecule has 0 saturated heterocycles. The van der Waals surface area contributed by atoms with Crippen LogP contribution in [-0.4, -0.2) is 38.9 Å². The molecule has 0 fully saturated rings. The highest BCUT2D eigenvalue weighted by molar-refractivity contribution is 5.92. The molecule has 144 valence electrons. The van der Waals surface area contributed by atoms with E-state index in [0.717, 1.165) is 0 Å². The molecule has 0 radical (unpaired) electrons. The summed E-state index contributed by atoms with van der Waals surface area (Å²) in [6.45, 7) is 5.22. The predicted octanol–water partition coefficient (Wildman–Crippen LogP) is 3.74. The first kappa shape index (κ1) is 20.5. The van der Waals surface area contributed by atoms with Gasteiger partial charge in [-0.3, -0.25) is 0 Å². The summed E-state index contributed by atoms with van der Waals surface area (Å²) in [5.41, 5.74) is 0.808. The lowest BCUT2D eigenvalue weighted by atomic mass is 10.2. The van der Waals surface area contributed by atoms with Crippen molar-refractivity contribution in [2.75, 3.05) is 26.9 Å². The van der Waals surface area contributed by atoms with Crippen molar-refractivity contribution in [2.24, 2.45) is 5.92 Å². The molecule has 0 aliphatic carbocycles. The number of carbonyl (C=O) groups excluding carboxylic acids is 2. The van der Waals surface area contributed by atoms with Crippen LogP contribution in [0.4, 0.5) is 0 Å². The number of benzene rings is 2. The zero-order valence-electron chi connectivity index (χ0n) is 15.8. The van der Waals surface area contributed by atoms with Crippen LogP contribution in [0.15, 0.2) is 48.5 Å². The summed E-state index contributed by atoms with van der Waals surface area (Å²) in [4.78, 5) is 24.1. The van der Waals surface area contributed by atoms with E-state index in [1.807, 2.05) is 13.8 Å². The van der Waals surface area contributed by atoms with Crippen LogP contribution in [0.1, 0.15) is 34.6 Å². The Kier molecular flexibility index (Phi) is 7.82. The molecule has 0 aliphatic rings. The minimum Gasteiger partial charge on any atom is -0.491 e. The van der Waals surface area contributed by atoms with Gasteiger partial charge in [0.1, 0.15) is 18.1 Å². The SMILES string of the molecule is COCCOc1ccc(C(=O)Oc2ccc(C(=O)OCC(C)C)cc2)cc1. The molecule has 0 heterocycles. The molecule has 27 heavy (non-hydrogen) atoms. The topological polar surface area (TPSA) is 71.1 Å². The van der Waals surface area contributed by atoms with Gasteiger partial charge in [0, 0.05) is 7.11 Å². The Hall–Kier alpha value is -2.86. The molecule has 6 nitrogen and oxygen atoms in total. The van der Waals surface area contributed by atoms with Crippen molar-refractivity contribution >= 4 is 11.9 Å². The van der Waals surface area contributed by atoms with Crippen LogP contribution in [0, 0.1) is 5.92 Å². The lowest BCUT2D eigenvalue weighted by molar-refractivity contribution is 0.0459. The molecular weight excluding hydrogens is 348 g/mol. The van der Waals surface area contributed by atoms with E-state index in [1.54, 1.807) is 55.6 Å². The standard InChI is InChI=1S/C21H24O6/c1-15(2)14-26-20(22)16-6-10-19(11-7-16)27-21(23)17-4-8-18(9-5-17)25-13-12-24-3/h4-11,15H,12-14H2,1-3H3. The first-order valence-corrected chi connectivity index (χ1v) is 8.70. The number of rotatable bonds is 9. The smallest absolute Gasteiger partial charge is 0.343 e. The minimum absolute atomic E-state index is 0.269. The second kappa shape index (κ2) is 10.3. The molecular formula is C21H24O6. The van der Waals surface area contributed by atoms with Crippen molar-refractivity contribution in [2.45, 2.75) is 13.8 Å². The average Bonchev–Trinajstić information content (AvgIpc) is 2.67. The Morgan fingerprint density at radius 3 is 1.93 bits per heavy atom. The summed E-state index contributed by atoms with van der Waals surface area (Å²) < 4.78 is 20.8. The predicted molar refractivity (Wildman–Crippen MR) is 100 cm³/mol. The Bertz CT molecular complexity index is 734. The van der Waals surface area contributed by atoms with Crippen molar-refractivity contribution in [3.63, 3.8) is 0 Å². The maximum absolute atomic E-state index is 12.2. The summed E-state index contributed by atoms with van der Waals surface area (Å²) in [5.74, 6) is 0.374. The molecule has 0 unspecified atom stereocenters. The van der Waals surface area contributed by atoms with Crippen LogP contribution >= 0.6 is 0 Å². The van der Waals surface area contributed by atoms with E-state index < -0.39 is 11.9 Å². The van der Waals surface area contributed by atoms with Gasteiger partial charge in [-0.25, -0.2) is 9.59 Å². The van der Waals surface area contributed by atoms with Gasteiger partial charge in [-0.05, 0) is 54.4 Å². The summed E-state index contributed by atoms with van der Waals surface area (Å²) in [7, 11) is 1.60. The minimum atomic E-state index is -0.492. The summed E-state index contributed by atoms with van der Waals surface area (Å²) >= 11 is 0. The maximum atomic E-state index is 12.2. The summed E-state index contributed by atoms with van der Waals surface area (Å²) in [6, 6.07) is 12.9. The van der Waals surface area contributed by atoms with Gasteiger partial charge in [0.15, 0.2) is 0 Å². The first-order chi connectivity index (χ1) is 13.0. The van der Waals surface area contributed by atoms with E-state index >= 15 is 0 Å². The van der Waals surface area contributed by atoms with Gasteiger partial charge < -0.3 is 18.9 Å². The third-order valence-corrected chi connectivity index (χ3v) is 3.49. The Morgan fingerprint density at radius 1 is 0.815 bits per heavy atom. The van der Waals surface area contributed by atoms with Gasteiger partial charge in [-0.2, -0.15) is 0 Å².